The maximum absolute atomic E-state index is 5.99. The number of halogens is 4. The topological polar surface area (TPSA) is 27.7 Å². The van der Waals surface area contributed by atoms with E-state index >= 15 is 0 Å². The van der Waals surface area contributed by atoms with Crippen LogP contribution in [0.3, 0.4) is 0 Å². The van der Waals surface area contributed by atoms with Gasteiger partial charge in [0.1, 0.15) is 27.1 Å². The van der Waals surface area contributed by atoms with Gasteiger partial charge in [-0.05, 0) is 50.0 Å². The summed E-state index contributed by atoms with van der Waals surface area (Å²) in [5, 5.41) is 0. The molecule has 0 aliphatic carbocycles. The Labute approximate surface area is 182 Å². The predicted octanol–water partition coefficient (Wildman–Crippen LogP) is 7.00. The molecular formula is C20H26Cl4O3. The Hall–Kier alpha value is -0.580. The van der Waals surface area contributed by atoms with Gasteiger partial charge in [0.05, 0.1) is 13.2 Å². The summed E-state index contributed by atoms with van der Waals surface area (Å²) in [6.07, 6.45) is 6.79. The molecule has 0 fully saturated rings. The number of ether oxygens (including phenoxy) is 3. The second-order valence-corrected chi connectivity index (χ2v) is 7.67. The molecule has 0 heterocycles. The van der Waals surface area contributed by atoms with Gasteiger partial charge >= 0.3 is 0 Å². The SMILES string of the molecule is CCc1c(OCC=C(Cl)Cl)ccc(OCCCCOCC=C(Cl)Cl)c1CC. The highest BCUT2D eigenvalue weighted by Crippen LogP contribution is 2.32. The fraction of sp³-hybridized carbons (Fsp3) is 0.500. The first-order valence-corrected chi connectivity index (χ1v) is 10.5. The summed E-state index contributed by atoms with van der Waals surface area (Å²) in [6, 6.07) is 3.90. The summed E-state index contributed by atoms with van der Waals surface area (Å²) in [6.45, 7) is 6.26. The minimum atomic E-state index is 0.203. The van der Waals surface area contributed by atoms with Crippen molar-refractivity contribution in [3.63, 3.8) is 0 Å². The Balaban J connectivity index is 2.55. The van der Waals surface area contributed by atoms with Gasteiger partial charge in [0.25, 0.3) is 0 Å². The Morgan fingerprint density at radius 1 is 0.778 bits per heavy atom. The zero-order valence-corrected chi connectivity index (χ0v) is 18.7. The lowest BCUT2D eigenvalue weighted by Gasteiger charge is -2.17. The Kier molecular flexibility index (Phi) is 13.1. The van der Waals surface area contributed by atoms with E-state index in [1.807, 2.05) is 12.1 Å². The van der Waals surface area contributed by atoms with Crippen molar-refractivity contribution in [1.29, 1.82) is 0 Å². The van der Waals surface area contributed by atoms with E-state index in [0.717, 1.165) is 42.7 Å². The fourth-order valence-corrected chi connectivity index (χ4v) is 2.84. The van der Waals surface area contributed by atoms with Crippen LogP contribution in [0.5, 0.6) is 11.5 Å². The number of unbranched alkanes of at least 4 members (excludes halogenated alkanes) is 1. The minimum Gasteiger partial charge on any atom is -0.493 e. The highest BCUT2D eigenvalue weighted by molar-refractivity contribution is 6.56. The largest absolute Gasteiger partial charge is 0.493 e. The summed E-state index contributed by atoms with van der Waals surface area (Å²) in [5.41, 5.74) is 2.33. The molecule has 0 aromatic heterocycles. The molecule has 0 saturated heterocycles. The van der Waals surface area contributed by atoms with Gasteiger partial charge in [0, 0.05) is 17.7 Å². The number of benzene rings is 1. The third kappa shape index (κ3) is 9.96. The van der Waals surface area contributed by atoms with Crippen LogP contribution >= 0.6 is 46.4 Å². The lowest BCUT2D eigenvalue weighted by Crippen LogP contribution is -2.06. The Morgan fingerprint density at radius 2 is 1.30 bits per heavy atom. The van der Waals surface area contributed by atoms with Crippen LogP contribution in [0.25, 0.3) is 0 Å². The average molecular weight is 456 g/mol. The van der Waals surface area contributed by atoms with E-state index in [0.29, 0.717) is 26.4 Å². The molecule has 0 radical (unpaired) electrons. The second kappa shape index (κ2) is 14.4. The van der Waals surface area contributed by atoms with Crippen molar-refractivity contribution >= 4 is 46.4 Å². The Bertz CT molecular complexity index is 622. The maximum Gasteiger partial charge on any atom is 0.123 e. The summed E-state index contributed by atoms with van der Waals surface area (Å²) in [5.74, 6) is 1.75. The van der Waals surface area contributed by atoms with Crippen LogP contribution in [0, 0.1) is 0 Å². The lowest BCUT2D eigenvalue weighted by molar-refractivity contribution is 0.152. The second-order valence-electron chi connectivity index (χ2n) is 5.66. The van der Waals surface area contributed by atoms with Crippen molar-refractivity contribution < 1.29 is 14.2 Å². The van der Waals surface area contributed by atoms with E-state index in [1.165, 1.54) is 5.56 Å². The number of hydrogen-bond donors (Lipinski definition) is 0. The third-order valence-corrected chi connectivity index (χ3v) is 4.44. The van der Waals surface area contributed by atoms with Crippen molar-refractivity contribution in [1.82, 2.24) is 0 Å². The highest BCUT2D eigenvalue weighted by Gasteiger charge is 2.13. The number of hydrogen-bond acceptors (Lipinski definition) is 3. The van der Waals surface area contributed by atoms with E-state index in [4.69, 9.17) is 60.6 Å². The molecule has 7 heteroatoms. The van der Waals surface area contributed by atoms with E-state index < -0.39 is 0 Å². The average Bonchev–Trinajstić information content (AvgIpc) is 2.63. The Morgan fingerprint density at radius 3 is 1.85 bits per heavy atom. The summed E-state index contributed by atoms with van der Waals surface area (Å²) in [7, 11) is 0. The van der Waals surface area contributed by atoms with Gasteiger partial charge < -0.3 is 14.2 Å². The monoisotopic (exact) mass is 454 g/mol. The van der Waals surface area contributed by atoms with Crippen LogP contribution < -0.4 is 9.47 Å². The van der Waals surface area contributed by atoms with Crippen LogP contribution in [0.1, 0.15) is 37.8 Å². The smallest absolute Gasteiger partial charge is 0.123 e. The first kappa shape index (κ1) is 24.5. The molecule has 0 spiro atoms. The molecule has 1 aromatic rings. The van der Waals surface area contributed by atoms with Crippen LogP contribution in [-0.2, 0) is 17.6 Å². The van der Waals surface area contributed by atoms with Gasteiger partial charge in [-0.15, -0.1) is 0 Å². The first-order chi connectivity index (χ1) is 13.0. The highest BCUT2D eigenvalue weighted by atomic mass is 35.5. The standard InChI is InChI=1S/C20H26Cl4O3/c1-3-15-16(4-2)18(27-14-10-20(23)24)8-7-17(15)26-12-6-5-11-25-13-9-19(21)22/h7-10H,3-6,11-14H2,1-2H3. The van der Waals surface area contributed by atoms with Crippen LogP contribution in [0.15, 0.2) is 33.3 Å². The maximum atomic E-state index is 5.99. The quantitative estimate of drug-likeness (QED) is 0.299. The van der Waals surface area contributed by atoms with E-state index in [2.05, 4.69) is 13.8 Å². The van der Waals surface area contributed by atoms with Gasteiger partial charge in [-0.25, -0.2) is 0 Å². The molecule has 0 atom stereocenters. The van der Waals surface area contributed by atoms with Gasteiger partial charge in [-0.2, -0.15) is 0 Å². The lowest BCUT2D eigenvalue weighted by atomic mass is 10.0. The van der Waals surface area contributed by atoms with Crippen LogP contribution in [0.4, 0.5) is 0 Å². The van der Waals surface area contributed by atoms with Gasteiger partial charge in [0.2, 0.25) is 0 Å². The van der Waals surface area contributed by atoms with Crippen LogP contribution in [0.2, 0.25) is 0 Å². The van der Waals surface area contributed by atoms with Crippen molar-refractivity contribution in [3.05, 3.63) is 44.4 Å². The summed E-state index contributed by atoms with van der Waals surface area (Å²) in [4.78, 5) is 0. The predicted molar refractivity (Wildman–Crippen MR) is 116 cm³/mol. The van der Waals surface area contributed by atoms with E-state index in [-0.39, 0.29) is 8.98 Å². The molecule has 0 saturated carbocycles. The number of rotatable bonds is 13. The summed E-state index contributed by atoms with van der Waals surface area (Å²) >= 11 is 22.3. The van der Waals surface area contributed by atoms with Gasteiger partial charge in [0.15, 0.2) is 0 Å². The molecule has 0 N–H and O–H groups in total. The normalized spacial score (nSPS) is 10.4. The van der Waals surface area contributed by atoms with Crippen molar-refractivity contribution in [3.8, 4) is 11.5 Å². The molecule has 1 aromatic carbocycles. The third-order valence-electron chi connectivity index (χ3n) is 3.82. The molecule has 1 rings (SSSR count). The van der Waals surface area contributed by atoms with Crippen LogP contribution in [-0.4, -0.2) is 26.4 Å². The molecule has 27 heavy (non-hydrogen) atoms. The van der Waals surface area contributed by atoms with Crippen molar-refractivity contribution in [2.24, 2.45) is 0 Å². The first-order valence-electron chi connectivity index (χ1n) is 8.99. The van der Waals surface area contributed by atoms with Crippen molar-refractivity contribution in [2.75, 3.05) is 26.4 Å². The van der Waals surface area contributed by atoms with Gasteiger partial charge in [-0.3, -0.25) is 0 Å². The molecule has 3 nitrogen and oxygen atoms in total. The van der Waals surface area contributed by atoms with Crippen molar-refractivity contribution in [2.45, 2.75) is 39.5 Å². The molecule has 152 valence electrons. The zero-order valence-electron chi connectivity index (χ0n) is 15.7. The van der Waals surface area contributed by atoms with E-state index in [1.54, 1.807) is 12.2 Å². The van der Waals surface area contributed by atoms with E-state index in [9.17, 15) is 0 Å². The molecular weight excluding hydrogens is 430 g/mol. The molecule has 0 aliphatic heterocycles. The molecule has 0 aliphatic rings. The molecule has 0 amide bonds. The fourth-order valence-electron chi connectivity index (χ4n) is 2.58. The molecule has 0 bridgehead atoms. The minimum absolute atomic E-state index is 0.203. The van der Waals surface area contributed by atoms with Gasteiger partial charge in [-0.1, -0.05) is 60.3 Å². The molecule has 0 unspecified atom stereocenters. The summed E-state index contributed by atoms with van der Waals surface area (Å²) < 4.78 is 17.6. The zero-order chi connectivity index (χ0) is 20.1.